The molecule has 1 aliphatic heterocycles. The largest absolute Gasteiger partial charge is 0.369 e. The van der Waals surface area contributed by atoms with Crippen LogP contribution in [0.5, 0.6) is 0 Å². The number of amides is 2. The predicted octanol–water partition coefficient (Wildman–Crippen LogP) is 2.81. The number of para-hydroxylation sites is 1. The number of rotatable bonds is 5. The molecular weight excluding hydrogens is 348 g/mol. The molecule has 7 nitrogen and oxygen atoms in total. The van der Waals surface area contributed by atoms with Gasteiger partial charge in [-0.3, -0.25) is 5.32 Å². The molecule has 0 radical (unpaired) electrons. The number of hydrogen-bond acceptors (Lipinski definition) is 5. The molecule has 2 heterocycles. The Morgan fingerprint density at radius 2 is 2.27 bits per heavy atom. The Kier molecular flexibility index (Phi) is 6.40. The van der Waals surface area contributed by atoms with Gasteiger partial charge in [-0.1, -0.05) is 29.9 Å². The van der Waals surface area contributed by atoms with Crippen molar-refractivity contribution >= 4 is 38.7 Å². The van der Waals surface area contributed by atoms with Crippen molar-refractivity contribution < 1.29 is 4.79 Å². The Hall–Kier alpha value is -2.19. The molecule has 140 valence electrons. The molecule has 3 rings (SSSR count). The summed E-state index contributed by atoms with van der Waals surface area (Å²) in [7, 11) is 0. The molecule has 2 amide bonds. The number of carbonyl (C=O) groups is 1. The first kappa shape index (κ1) is 18.6. The number of aliphatic imine (C=N–C) groups is 1. The van der Waals surface area contributed by atoms with Crippen LogP contribution in [-0.2, 0) is 0 Å². The van der Waals surface area contributed by atoms with E-state index in [4.69, 9.17) is 5.73 Å². The van der Waals surface area contributed by atoms with Gasteiger partial charge in [-0.2, -0.15) is 4.99 Å². The second-order valence-corrected chi connectivity index (χ2v) is 7.59. The predicted molar refractivity (Wildman–Crippen MR) is 107 cm³/mol. The molecular formula is C18H26N6OS. The summed E-state index contributed by atoms with van der Waals surface area (Å²) >= 11 is 1.43. The Morgan fingerprint density at radius 1 is 1.42 bits per heavy atom. The van der Waals surface area contributed by atoms with Gasteiger partial charge < -0.3 is 16.0 Å². The van der Waals surface area contributed by atoms with Crippen molar-refractivity contribution in [3.63, 3.8) is 0 Å². The summed E-state index contributed by atoms with van der Waals surface area (Å²) in [5.41, 5.74) is 6.68. The lowest BCUT2D eigenvalue weighted by Gasteiger charge is -2.33. The molecule has 0 aliphatic carbocycles. The fourth-order valence-electron chi connectivity index (χ4n) is 3.17. The van der Waals surface area contributed by atoms with Crippen LogP contribution < -0.4 is 16.4 Å². The third-order valence-electron chi connectivity index (χ3n) is 4.59. The molecule has 8 heteroatoms. The van der Waals surface area contributed by atoms with Gasteiger partial charge in [-0.25, -0.2) is 9.78 Å². The highest BCUT2D eigenvalue weighted by Crippen LogP contribution is 2.27. The molecule has 1 unspecified atom stereocenters. The molecule has 2 aromatic rings. The van der Waals surface area contributed by atoms with Crippen LogP contribution in [0.3, 0.4) is 0 Å². The van der Waals surface area contributed by atoms with E-state index < -0.39 is 0 Å². The highest BCUT2D eigenvalue weighted by Gasteiger charge is 2.17. The SMILES string of the molecule is CC1CCCCN1CCCNC(=O)N/C(N)=N/c1nc2ccccc2s1. The summed E-state index contributed by atoms with van der Waals surface area (Å²) in [5, 5.41) is 5.91. The number of likely N-dealkylation sites (tertiary alicyclic amines) is 1. The van der Waals surface area contributed by atoms with Crippen LogP contribution in [-0.4, -0.2) is 47.6 Å². The van der Waals surface area contributed by atoms with Gasteiger partial charge in [0, 0.05) is 19.1 Å². The van der Waals surface area contributed by atoms with Gasteiger partial charge >= 0.3 is 6.03 Å². The van der Waals surface area contributed by atoms with E-state index in [0.29, 0.717) is 17.7 Å². The lowest BCUT2D eigenvalue weighted by Crippen LogP contribution is -2.44. The van der Waals surface area contributed by atoms with Gasteiger partial charge in [0.1, 0.15) is 0 Å². The number of carbonyl (C=O) groups excluding carboxylic acids is 1. The van der Waals surface area contributed by atoms with Crippen molar-refractivity contribution in [2.75, 3.05) is 19.6 Å². The van der Waals surface area contributed by atoms with E-state index in [9.17, 15) is 4.79 Å². The number of nitrogens with two attached hydrogens (primary N) is 1. The Bertz CT molecular complexity index is 741. The van der Waals surface area contributed by atoms with Gasteiger partial charge in [0.15, 0.2) is 0 Å². The summed E-state index contributed by atoms with van der Waals surface area (Å²) in [6.45, 7) is 5.06. The molecule has 26 heavy (non-hydrogen) atoms. The van der Waals surface area contributed by atoms with Crippen LogP contribution >= 0.6 is 11.3 Å². The summed E-state index contributed by atoms with van der Waals surface area (Å²) in [4.78, 5) is 22.9. The highest BCUT2D eigenvalue weighted by molar-refractivity contribution is 7.22. The summed E-state index contributed by atoms with van der Waals surface area (Å²) in [5.74, 6) is 0.0474. The molecule has 1 atom stereocenters. The van der Waals surface area contributed by atoms with Gasteiger partial charge in [-0.05, 0) is 44.9 Å². The zero-order chi connectivity index (χ0) is 18.4. The average Bonchev–Trinajstić information content (AvgIpc) is 3.02. The first-order chi connectivity index (χ1) is 12.6. The second-order valence-electron chi connectivity index (χ2n) is 6.58. The van der Waals surface area contributed by atoms with Crippen molar-refractivity contribution in [3.8, 4) is 0 Å². The number of fused-ring (bicyclic) bond motifs is 1. The summed E-state index contributed by atoms with van der Waals surface area (Å²) in [6.07, 6.45) is 4.79. The first-order valence-corrected chi connectivity index (χ1v) is 9.92. The van der Waals surface area contributed by atoms with Gasteiger partial charge in [0.2, 0.25) is 11.1 Å². The minimum Gasteiger partial charge on any atom is -0.369 e. The maximum atomic E-state index is 11.9. The molecule has 0 bridgehead atoms. The standard InChI is InChI=1S/C18H26N6OS/c1-13-7-4-5-11-24(13)12-6-10-20-17(25)22-16(19)23-18-21-14-8-2-3-9-15(14)26-18/h2-3,8-9,13H,4-7,10-12H2,1H3,(H4,19,20,21,22,23,25). The molecule has 0 saturated carbocycles. The minimum absolute atomic E-state index is 0.0474. The fraction of sp³-hybridized carbons (Fsp3) is 0.500. The highest BCUT2D eigenvalue weighted by atomic mass is 32.1. The first-order valence-electron chi connectivity index (χ1n) is 9.10. The number of nitrogens with one attached hydrogen (secondary N) is 2. The maximum Gasteiger partial charge on any atom is 0.321 e. The number of aromatic nitrogens is 1. The summed E-state index contributed by atoms with van der Waals surface area (Å²) in [6, 6.07) is 8.09. The smallest absolute Gasteiger partial charge is 0.321 e. The van der Waals surface area contributed by atoms with Crippen LogP contribution in [0.25, 0.3) is 10.2 Å². The van der Waals surface area contributed by atoms with E-state index in [0.717, 1.165) is 29.7 Å². The van der Waals surface area contributed by atoms with E-state index in [1.165, 1.54) is 30.6 Å². The zero-order valence-corrected chi connectivity index (χ0v) is 15.9. The van der Waals surface area contributed by atoms with Crippen molar-refractivity contribution in [2.24, 2.45) is 10.7 Å². The number of piperidine rings is 1. The second kappa shape index (κ2) is 8.95. The lowest BCUT2D eigenvalue weighted by atomic mass is 10.0. The summed E-state index contributed by atoms with van der Waals surface area (Å²) < 4.78 is 1.04. The molecule has 1 aromatic heterocycles. The number of thiazole rings is 1. The zero-order valence-electron chi connectivity index (χ0n) is 15.1. The van der Waals surface area contributed by atoms with Crippen molar-refractivity contribution in [2.45, 2.75) is 38.6 Å². The monoisotopic (exact) mass is 374 g/mol. The number of benzene rings is 1. The van der Waals surface area contributed by atoms with Crippen LogP contribution in [0.1, 0.15) is 32.6 Å². The third kappa shape index (κ3) is 5.15. The quantitative estimate of drug-likeness (QED) is 0.426. The lowest BCUT2D eigenvalue weighted by molar-refractivity contribution is 0.159. The normalized spacial score (nSPS) is 18.8. The minimum atomic E-state index is -0.334. The van der Waals surface area contributed by atoms with Gasteiger partial charge in [0.25, 0.3) is 0 Å². The Morgan fingerprint density at radius 3 is 3.08 bits per heavy atom. The van der Waals surface area contributed by atoms with Crippen molar-refractivity contribution in [3.05, 3.63) is 24.3 Å². The van der Waals surface area contributed by atoms with Crippen LogP contribution in [0.4, 0.5) is 9.93 Å². The Balaban J connectivity index is 1.41. The molecule has 1 saturated heterocycles. The van der Waals surface area contributed by atoms with Gasteiger partial charge in [-0.15, -0.1) is 0 Å². The number of guanidine groups is 1. The van der Waals surface area contributed by atoms with E-state index in [-0.39, 0.29) is 12.0 Å². The van der Waals surface area contributed by atoms with Crippen LogP contribution in [0, 0.1) is 0 Å². The molecule has 1 aliphatic rings. The number of urea groups is 1. The topological polar surface area (TPSA) is 95.6 Å². The van der Waals surface area contributed by atoms with E-state index in [1.54, 1.807) is 0 Å². The van der Waals surface area contributed by atoms with E-state index in [1.807, 2.05) is 24.3 Å². The van der Waals surface area contributed by atoms with Crippen LogP contribution in [0.15, 0.2) is 29.3 Å². The average molecular weight is 375 g/mol. The number of nitrogens with zero attached hydrogens (tertiary/aromatic N) is 3. The fourth-order valence-corrected chi connectivity index (χ4v) is 4.02. The molecule has 1 aromatic carbocycles. The molecule has 0 spiro atoms. The maximum absolute atomic E-state index is 11.9. The van der Waals surface area contributed by atoms with E-state index >= 15 is 0 Å². The Labute approximate surface area is 157 Å². The van der Waals surface area contributed by atoms with Gasteiger partial charge in [0.05, 0.1) is 10.2 Å². The molecule has 1 fully saturated rings. The van der Waals surface area contributed by atoms with E-state index in [2.05, 4.69) is 32.4 Å². The molecule has 4 N–H and O–H groups in total. The number of hydrogen-bond donors (Lipinski definition) is 3. The third-order valence-corrected chi connectivity index (χ3v) is 5.52. The van der Waals surface area contributed by atoms with Crippen molar-refractivity contribution in [1.82, 2.24) is 20.5 Å². The van der Waals surface area contributed by atoms with Crippen molar-refractivity contribution in [1.29, 1.82) is 0 Å². The van der Waals surface area contributed by atoms with Crippen LogP contribution in [0.2, 0.25) is 0 Å².